The Kier molecular flexibility index (Phi) is 2.64. The van der Waals surface area contributed by atoms with Gasteiger partial charge in [0, 0.05) is 6.04 Å². The van der Waals surface area contributed by atoms with Crippen LogP contribution in [0.4, 0.5) is 0 Å². The van der Waals surface area contributed by atoms with Gasteiger partial charge in [0.25, 0.3) is 0 Å². The van der Waals surface area contributed by atoms with Crippen molar-refractivity contribution in [3.63, 3.8) is 0 Å². The van der Waals surface area contributed by atoms with E-state index < -0.39 is 0 Å². The van der Waals surface area contributed by atoms with E-state index in [0.717, 1.165) is 16.9 Å². The normalized spacial score (nSPS) is 12.5. The molecular formula is C8H10N2S. The Hall–Kier alpha value is -0.850. The Morgan fingerprint density at radius 3 is 3.09 bits per heavy atom. The van der Waals surface area contributed by atoms with E-state index in [9.17, 15) is 0 Å². The van der Waals surface area contributed by atoms with Crippen LogP contribution < -0.4 is 5.73 Å². The zero-order valence-corrected chi connectivity index (χ0v) is 7.19. The first-order chi connectivity index (χ1) is 5.29. The highest BCUT2D eigenvalue weighted by Gasteiger charge is 2.09. The highest BCUT2D eigenvalue weighted by atomic mass is 32.1. The Bertz CT molecular complexity index is 272. The van der Waals surface area contributed by atoms with E-state index in [1.165, 1.54) is 11.3 Å². The summed E-state index contributed by atoms with van der Waals surface area (Å²) in [5, 5.41) is 10.6. The van der Waals surface area contributed by atoms with E-state index in [1.807, 2.05) is 18.4 Å². The Morgan fingerprint density at radius 1 is 1.82 bits per heavy atom. The summed E-state index contributed by atoms with van der Waals surface area (Å²) in [5.41, 5.74) is 6.76. The molecule has 1 heterocycles. The number of hydrogen-bond acceptors (Lipinski definition) is 3. The predicted octanol–water partition coefficient (Wildman–Crippen LogP) is 2.03. The summed E-state index contributed by atoms with van der Waals surface area (Å²) in [5.74, 6) is 0. The van der Waals surface area contributed by atoms with Crippen LogP contribution in [0.3, 0.4) is 0 Å². The van der Waals surface area contributed by atoms with Crippen molar-refractivity contribution in [3.8, 4) is 6.07 Å². The minimum atomic E-state index is 0.0240. The summed E-state index contributed by atoms with van der Waals surface area (Å²) in [6.45, 7) is 2.02. The van der Waals surface area contributed by atoms with Gasteiger partial charge < -0.3 is 5.73 Å². The predicted molar refractivity (Wildman–Crippen MR) is 46.3 cm³/mol. The fourth-order valence-electron chi connectivity index (χ4n) is 0.922. The highest BCUT2D eigenvalue weighted by Crippen LogP contribution is 2.22. The number of rotatable bonds is 2. The van der Waals surface area contributed by atoms with Crippen LogP contribution in [-0.2, 0) is 0 Å². The van der Waals surface area contributed by atoms with Gasteiger partial charge in [-0.15, -0.1) is 11.3 Å². The van der Waals surface area contributed by atoms with Gasteiger partial charge in [0.05, 0.1) is 0 Å². The number of hydrogen-bond donors (Lipinski definition) is 1. The van der Waals surface area contributed by atoms with Crippen LogP contribution in [0.1, 0.15) is 29.8 Å². The smallest absolute Gasteiger partial charge is 0.110 e. The fraction of sp³-hybridized carbons (Fsp3) is 0.375. The molecule has 58 valence electrons. The maximum absolute atomic E-state index is 8.66. The molecule has 0 bridgehead atoms. The van der Waals surface area contributed by atoms with E-state index in [2.05, 4.69) is 6.07 Å². The number of nitrogens with two attached hydrogens (primary N) is 1. The lowest BCUT2D eigenvalue weighted by molar-refractivity contribution is 0.700. The number of nitrogens with zero attached hydrogens (tertiary/aromatic N) is 1. The zero-order valence-electron chi connectivity index (χ0n) is 6.37. The Morgan fingerprint density at radius 2 is 2.55 bits per heavy atom. The fourth-order valence-corrected chi connectivity index (χ4v) is 1.68. The summed E-state index contributed by atoms with van der Waals surface area (Å²) in [4.78, 5) is 0.749. The van der Waals surface area contributed by atoms with Crippen molar-refractivity contribution in [3.05, 3.63) is 21.9 Å². The third-order valence-corrected chi connectivity index (χ3v) is 2.47. The summed E-state index contributed by atoms with van der Waals surface area (Å²) in [7, 11) is 0. The van der Waals surface area contributed by atoms with Crippen molar-refractivity contribution >= 4 is 11.3 Å². The minimum Gasteiger partial charge on any atom is -0.324 e. The Balaban J connectivity index is 2.95. The molecule has 11 heavy (non-hydrogen) atoms. The molecule has 0 unspecified atom stereocenters. The highest BCUT2D eigenvalue weighted by molar-refractivity contribution is 7.10. The third-order valence-electron chi connectivity index (χ3n) is 1.64. The number of nitriles is 1. The molecule has 2 N–H and O–H groups in total. The first kappa shape index (κ1) is 8.25. The maximum atomic E-state index is 8.66. The molecule has 1 atom stereocenters. The minimum absolute atomic E-state index is 0.0240. The topological polar surface area (TPSA) is 49.8 Å². The second kappa shape index (κ2) is 3.51. The van der Waals surface area contributed by atoms with Gasteiger partial charge in [-0.3, -0.25) is 0 Å². The standard InChI is InChI=1S/C8H10N2S/c1-2-7(10)6-3-4-11-8(6)5-9/h3-4,7H,2,10H2,1H3/t7-/m1/s1. The summed E-state index contributed by atoms with van der Waals surface area (Å²) in [6, 6.07) is 4.08. The molecule has 0 spiro atoms. The SMILES string of the molecule is CC[C@@H](N)c1ccsc1C#N. The van der Waals surface area contributed by atoms with Gasteiger partial charge >= 0.3 is 0 Å². The molecule has 0 fully saturated rings. The van der Waals surface area contributed by atoms with Crippen molar-refractivity contribution in [1.82, 2.24) is 0 Å². The van der Waals surface area contributed by atoms with Crippen molar-refractivity contribution in [2.75, 3.05) is 0 Å². The van der Waals surface area contributed by atoms with E-state index in [1.54, 1.807) is 0 Å². The maximum Gasteiger partial charge on any atom is 0.110 e. The average Bonchev–Trinajstić information content (AvgIpc) is 2.50. The van der Waals surface area contributed by atoms with Gasteiger partial charge in [-0.2, -0.15) is 5.26 Å². The van der Waals surface area contributed by atoms with Gasteiger partial charge in [0.2, 0.25) is 0 Å². The van der Waals surface area contributed by atoms with Crippen molar-refractivity contribution in [2.45, 2.75) is 19.4 Å². The molecule has 0 aliphatic rings. The summed E-state index contributed by atoms with van der Waals surface area (Å²) >= 11 is 1.45. The van der Waals surface area contributed by atoms with Crippen LogP contribution >= 0.6 is 11.3 Å². The lowest BCUT2D eigenvalue weighted by Crippen LogP contribution is -2.08. The zero-order chi connectivity index (χ0) is 8.27. The monoisotopic (exact) mass is 166 g/mol. The summed E-state index contributed by atoms with van der Waals surface area (Å²) < 4.78 is 0. The van der Waals surface area contributed by atoms with E-state index in [4.69, 9.17) is 11.0 Å². The van der Waals surface area contributed by atoms with Crippen LogP contribution in [0.25, 0.3) is 0 Å². The quantitative estimate of drug-likeness (QED) is 0.730. The Labute approximate surface area is 70.3 Å². The van der Waals surface area contributed by atoms with Crippen molar-refractivity contribution in [1.29, 1.82) is 5.26 Å². The van der Waals surface area contributed by atoms with E-state index in [0.29, 0.717) is 0 Å². The summed E-state index contributed by atoms with van der Waals surface area (Å²) in [6.07, 6.45) is 0.880. The third kappa shape index (κ3) is 1.59. The molecule has 1 aromatic heterocycles. The van der Waals surface area contributed by atoms with Gasteiger partial charge in [-0.05, 0) is 23.4 Å². The van der Waals surface area contributed by atoms with Crippen molar-refractivity contribution < 1.29 is 0 Å². The van der Waals surface area contributed by atoms with Crippen LogP contribution in [0, 0.1) is 11.3 Å². The molecule has 0 radical (unpaired) electrons. The molecule has 0 aliphatic heterocycles. The molecule has 1 rings (SSSR count). The van der Waals surface area contributed by atoms with Gasteiger partial charge in [-0.25, -0.2) is 0 Å². The molecule has 0 amide bonds. The second-order valence-corrected chi connectivity index (χ2v) is 3.25. The molecular weight excluding hydrogens is 156 g/mol. The van der Waals surface area contributed by atoms with Gasteiger partial charge in [-0.1, -0.05) is 6.92 Å². The lowest BCUT2D eigenvalue weighted by Gasteiger charge is -2.05. The first-order valence-corrected chi connectivity index (χ1v) is 4.40. The van der Waals surface area contributed by atoms with Crippen LogP contribution in [0.2, 0.25) is 0 Å². The van der Waals surface area contributed by atoms with Gasteiger partial charge in [0.15, 0.2) is 0 Å². The van der Waals surface area contributed by atoms with E-state index >= 15 is 0 Å². The molecule has 0 saturated heterocycles. The van der Waals surface area contributed by atoms with Gasteiger partial charge in [0.1, 0.15) is 10.9 Å². The van der Waals surface area contributed by atoms with Crippen LogP contribution in [-0.4, -0.2) is 0 Å². The molecule has 0 aromatic carbocycles. The van der Waals surface area contributed by atoms with Crippen LogP contribution in [0.15, 0.2) is 11.4 Å². The molecule has 0 aliphatic carbocycles. The first-order valence-electron chi connectivity index (χ1n) is 3.52. The van der Waals surface area contributed by atoms with E-state index in [-0.39, 0.29) is 6.04 Å². The molecule has 0 saturated carbocycles. The van der Waals surface area contributed by atoms with Crippen molar-refractivity contribution in [2.24, 2.45) is 5.73 Å². The number of thiophene rings is 1. The molecule has 2 nitrogen and oxygen atoms in total. The lowest BCUT2D eigenvalue weighted by atomic mass is 10.1. The second-order valence-electron chi connectivity index (χ2n) is 2.33. The molecule has 1 aromatic rings. The largest absolute Gasteiger partial charge is 0.324 e. The van der Waals surface area contributed by atoms with Crippen LogP contribution in [0.5, 0.6) is 0 Å². The average molecular weight is 166 g/mol. The molecule has 3 heteroatoms.